The first-order valence-electron chi connectivity index (χ1n) is 8.44. The van der Waals surface area contributed by atoms with Crippen LogP contribution in [0.1, 0.15) is 58.9 Å². The Morgan fingerprint density at radius 3 is 2.43 bits per heavy atom. The summed E-state index contributed by atoms with van der Waals surface area (Å²) in [6.45, 7) is 9.92. The highest BCUT2D eigenvalue weighted by Crippen LogP contribution is 2.41. The quantitative estimate of drug-likeness (QED) is 0.865. The molecule has 0 aliphatic heterocycles. The molecule has 2 nitrogen and oxygen atoms in total. The Kier molecular flexibility index (Phi) is 5.32. The average molecular weight is 289 g/mol. The largest absolute Gasteiger partial charge is 0.494 e. The minimum absolute atomic E-state index is 0.128. The minimum atomic E-state index is 0.128. The van der Waals surface area contributed by atoms with E-state index >= 15 is 0 Å². The molecule has 2 rings (SSSR count). The SMILES string of the molecule is CCCOc1ccc(C(C)(C)C2CCC(C)CC2N)cc1. The molecule has 118 valence electrons. The first-order chi connectivity index (χ1) is 9.95. The highest BCUT2D eigenvalue weighted by atomic mass is 16.5. The predicted molar refractivity (Wildman–Crippen MR) is 89.7 cm³/mol. The van der Waals surface area contributed by atoms with E-state index < -0.39 is 0 Å². The Morgan fingerprint density at radius 2 is 1.86 bits per heavy atom. The zero-order valence-electron chi connectivity index (χ0n) is 14.1. The molecule has 0 radical (unpaired) electrons. The van der Waals surface area contributed by atoms with Gasteiger partial charge in [0.2, 0.25) is 0 Å². The summed E-state index contributed by atoms with van der Waals surface area (Å²) >= 11 is 0. The number of rotatable bonds is 5. The van der Waals surface area contributed by atoms with E-state index in [0.717, 1.165) is 31.1 Å². The van der Waals surface area contributed by atoms with E-state index in [2.05, 4.69) is 52.0 Å². The lowest BCUT2D eigenvalue weighted by atomic mass is 9.64. The van der Waals surface area contributed by atoms with E-state index in [1.54, 1.807) is 0 Å². The van der Waals surface area contributed by atoms with Crippen molar-refractivity contribution in [1.29, 1.82) is 0 Å². The Morgan fingerprint density at radius 1 is 1.19 bits per heavy atom. The lowest BCUT2D eigenvalue weighted by Crippen LogP contribution is -2.45. The molecule has 1 aliphatic carbocycles. The smallest absolute Gasteiger partial charge is 0.119 e. The van der Waals surface area contributed by atoms with Crippen LogP contribution in [0, 0.1) is 11.8 Å². The summed E-state index contributed by atoms with van der Waals surface area (Å²) in [4.78, 5) is 0. The van der Waals surface area contributed by atoms with Crippen LogP contribution in [-0.4, -0.2) is 12.6 Å². The lowest BCUT2D eigenvalue weighted by Gasteiger charge is -2.43. The van der Waals surface area contributed by atoms with Crippen molar-refractivity contribution in [2.75, 3.05) is 6.61 Å². The standard InChI is InChI=1S/C19H31NO/c1-5-12-21-16-9-7-15(8-10-16)19(3,4)17-11-6-14(2)13-18(17)20/h7-10,14,17-18H,5-6,11-13,20H2,1-4H3. The highest BCUT2D eigenvalue weighted by Gasteiger charge is 2.38. The first-order valence-corrected chi connectivity index (χ1v) is 8.44. The molecule has 0 aromatic heterocycles. The molecule has 21 heavy (non-hydrogen) atoms. The van der Waals surface area contributed by atoms with Crippen LogP contribution < -0.4 is 10.5 Å². The first kappa shape index (κ1) is 16.4. The predicted octanol–water partition coefficient (Wildman–Crippen LogP) is 4.52. The zero-order chi connectivity index (χ0) is 15.5. The summed E-state index contributed by atoms with van der Waals surface area (Å²) in [5.41, 5.74) is 7.97. The van der Waals surface area contributed by atoms with Gasteiger partial charge in [-0.3, -0.25) is 0 Å². The highest BCUT2D eigenvalue weighted by molar-refractivity contribution is 5.32. The van der Waals surface area contributed by atoms with E-state index in [4.69, 9.17) is 10.5 Å². The molecule has 0 spiro atoms. The molecule has 2 heteroatoms. The fourth-order valence-corrected chi connectivity index (χ4v) is 3.74. The third-order valence-electron chi connectivity index (χ3n) is 5.16. The van der Waals surface area contributed by atoms with Gasteiger partial charge < -0.3 is 10.5 Å². The molecule has 1 fully saturated rings. The van der Waals surface area contributed by atoms with E-state index in [9.17, 15) is 0 Å². The van der Waals surface area contributed by atoms with Crippen LogP contribution in [0.5, 0.6) is 5.75 Å². The average Bonchev–Trinajstić information content (AvgIpc) is 2.45. The molecule has 3 atom stereocenters. The van der Waals surface area contributed by atoms with Crippen molar-refractivity contribution in [3.8, 4) is 5.75 Å². The van der Waals surface area contributed by atoms with E-state index in [-0.39, 0.29) is 5.41 Å². The van der Waals surface area contributed by atoms with Gasteiger partial charge in [-0.25, -0.2) is 0 Å². The van der Waals surface area contributed by atoms with Crippen LogP contribution in [0.15, 0.2) is 24.3 Å². The minimum Gasteiger partial charge on any atom is -0.494 e. The molecule has 0 saturated heterocycles. The normalized spacial score (nSPS) is 26.6. The van der Waals surface area contributed by atoms with Crippen molar-refractivity contribution in [3.05, 3.63) is 29.8 Å². The second-order valence-electron chi connectivity index (χ2n) is 7.28. The van der Waals surface area contributed by atoms with E-state index in [1.807, 2.05) is 0 Å². The Labute approximate surface area is 130 Å². The molecule has 0 bridgehead atoms. The van der Waals surface area contributed by atoms with Gasteiger partial charge in [0.15, 0.2) is 0 Å². The second kappa shape index (κ2) is 6.83. The summed E-state index contributed by atoms with van der Waals surface area (Å²) in [5, 5.41) is 0. The van der Waals surface area contributed by atoms with Gasteiger partial charge in [0.05, 0.1) is 6.61 Å². The van der Waals surface area contributed by atoms with E-state index in [0.29, 0.717) is 12.0 Å². The Hall–Kier alpha value is -1.02. The third-order valence-corrected chi connectivity index (χ3v) is 5.16. The van der Waals surface area contributed by atoms with Gasteiger partial charge >= 0.3 is 0 Å². The molecular weight excluding hydrogens is 258 g/mol. The second-order valence-corrected chi connectivity index (χ2v) is 7.28. The van der Waals surface area contributed by atoms with Crippen LogP contribution in [0.4, 0.5) is 0 Å². The molecule has 0 heterocycles. The lowest BCUT2D eigenvalue weighted by molar-refractivity contribution is 0.171. The van der Waals surface area contributed by atoms with E-state index in [1.165, 1.54) is 18.4 Å². The summed E-state index contributed by atoms with van der Waals surface area (Å²) in [5.74, 6) is 2.31. The molecule has 1 aromatic rings. The fraction of sp³-hybridized carbons (Fsp3) is 0.684. The molecule has 0 amide bonds. The molecule has 1 aliphatic rings. The molecular formula is C19H31NO. The maximum Gasteiger partial charge on any atom is 0.119 e. The number of nitrogens with two attached hydrogens (primary N) is 1. The summed E-state index contributed by atoms with van der Waals surface area (Å²) < 4.78 is 5.68. The number of ether oxygens (including phenoxy) is 1. The van der Waals surface area contributed by atoms with Crippen molar-refractivity contribution in [3.63, 3.8) is 0 Å². The summed E-state index contributed by atoms with van der Waals surface area (Å²) in [6.07, 6.45) is 4.75. The molecule has 2 N–H and O–H groups in total. The fourth-order valence-electron chi connectivity index (χ4n) is 3.74. The van der Waals surface area contributed by atoms with Gasteiger partial charge in [0.25, 0.3) is 0 Å². The summed E-state index contributed by atoms with van der Waals surface area (Å²) in [7, 11) is 0. The third kappa shape index (κ3) is 3.79. The van der Waals surface area contributed by atoms with Crippen molar-refractivity contribution in [1.82, 2.24) is 0 Å². The maximum atomic E-state index is 6.46. The zero-order valence-corrected chi connectivity index (χ0v) is 14.1. The van der Waals surface area contributed by atoms with Gasteiger partial charge in [0, 0.05) is 6.04 Å². The van der Waals surface area contributed by atoms with Crippen molar-refractivity contribution in [2.24, 2.45) is 17.6 Å². The molecule has 1 saturated carbocycles. The monoisotopic (exact) mass is 289 g/mol. The van der Waals surface area contributed by atoms with Gasteiger partial charge in [-0.15, -0.1) is 0 Å². The Bertz CT molecular complexity index is 437. The van der Waals surface area contributed by atoms with Gasteiger partial charge in [-0.2, -0.15) is 0 Å². The number of hydrogen-bond acceptors (Lipinski definition) is 2. The Balaban J connectivity index is 2.11. The van der Waals surface area contributed by atoms with Crippen molar-refractivity contribution < 1.29 is 4.74 Å². The van der Waals surface area contributed by atoms with Crippen molar-refractivity contribution >= 4 is 0 Å². The number of hydrogen-bond donors (Lipinski definition) is 1. The van der Waals surface area contributed by atoms with Gasteiger partial charge in [-0.1, -0.05) is 46.2 Å². The van der Waals surface area contributed by atoms with Crippen LogP contribution in [-0.2, 0) is 5.41 Å². The summed E-state index contributed by atoms with van der Waals surface area (Å²) in [6, 6.07) is 8.96. The van der Waals surface area contributed by atoms with Gasteiger partial charge in [-0.05, 0) is 54.2 Å². The van der Waals surface area contributed by atoms with Crippen LogP contribution in [0.2, 0.25) is 0 Å². The van der Waals surface area contributed by atoms with Crippen LogP contribution in [0.3, 0.4) is 0 Å². The van der Waals surface area contributed by atoms with Crippen molar-refractivity contribution in [2.45, 2.75) is 64.8 Å². The topological polar surface area (TPSA) is 35.2 Å². The molecule has 1 aromatic carbocycles. The maximum absolute atomic E-state index is 6.46. The van der Waals surface area contributed by atoms with Crippen LogP contribution in [0.25, 0.3) is 0 Å². The molecule has 3 unspecified atom stereocenters. The van der Waals surface area contributed by atoms with Gasteiger partial charge in [0.1, 0.15) is 5.75 Å². The van der Waals surface area contributed by atoms with Crippen LogP contribution >= 0.6 is 0 Å². The number of benzene rings is 1.